The van der Waals surface area contributed by atoms with E-state index in [9.17, 15) is 0 Å². The fourth-order valence-corrected chi connectivity index (χ4v) is 23.0. The quantitative estimate of drug-likeness (QED) is 0.747. The van der Waals surface area contributed by atoms with Crippen LogP contribution in [0.2, 0.25) is 45.8 Å². The lowest BCUT2D eigenvalue weighted by atomic mass is 11.5. The average Bonchev–Trinajstić information content (AvgIpc) is 1.93. The van der Waals surface area contributed by atoms with Crippen LogP contribution in [0.1, 0.15) is 0 Å². The molecule has 1 heterocycles. The molecule has 0 radical (unpaired) electrons. The molecule has 0 aromatic heterocycles. The summed E-state index contributed by atoms with van der Waals surface area (Å²) in [5.41, 5.74) is 5.82. The molecule has 1 aliphatic heterocycles. The summed E-state index contributed by atoms with van der Waals surface area (Å²) in [6.07, 6.45) is 0.439. The fourth-order valence-electron chi connectivity index (χ4n) is 2.39. The summed E-state index contributed by atoms with van der Waals surface area (Å²) in [4.78, 5) is 0. The van der Waals surface area contributed by atoms with Crippen LogP contribution < -0.4 is 5.73 Å². The van der Waals surface area contributed by atoms with E-state index in [2.05, 4.69) is 13.1 Å². The Hall–Kier alpha value is 0.668. The molecule has 0 unspecified atom stereocenters. The molecule has 0 bridgehead atoms. The van der Waals surface area contributed by atoms with Gasteiger partial charge in [0.15, 0.2) is 0 Å². The van der Waals surface area contributed by atoms with Crippen molar-refractivity contribution in [1.29, 1.82) is 0 Å². The molecule has 0 spiro atoms. The summed E-state index contributed by atoms with van der Waals surface area (Å²) < 4.78 is 24.7. The third kappa shape index (κ3) is 4.68. The first-order valence-electron chi connectivity index (χ1n) is 5.89. The van der Waals surface area contributed by atoms with Gasteiger partial charge in [-0.15, -0.1) is 0 Å². The van der Waals surface area contributed by atoms with E-state index in [4.69, 9.17) is 22.2 Å². The van der Waals surface area contributed by atoms with Gasteiger partial charge in [0.05, 0.1) is 0 Å². The van der Waals surface area contributed by atoms with Gasteiger partial charge in [0.25, 0.3) is 0 Å². The summed E-state index contributed by atoms with van der Waals surface area (Å²) in [5, 5.41) is 0. The van der Waals surface area contributed by atoms with Crippen LogP contribution >= 0.6 is 0 Å². The van der Waals surface area contributed by atoms with Gasteiger partial charge >= 0.3 is 34.2 Å². The zero-order valence-corrected chi connectivity index (χ0v) is 15.9. The molecular formula is C8H25NO4Si4. The van der Waals surface area contributed by atoms with Gasteiger partial charge < -0.3 is 22.2 Å². The molecule has 1 rings (SSSR count). The van der Waals surface area contributed by atoms with Crippen LogP contribution in [0.4, 0.5) is 0 Å². The minimum Gasteiger partial charge on any atom is -0.416 e. The first-order valence-corrected chi connectivity index (χ1v) is 16.9. The van der Waals surface area contributed by atoms with Crippen molar-refractivity contribution in [2.45, 2.75) is 45.8 Å². The molecule has 0 amide bonds. The second-order valence-corrected chi connectivity index (χ2v) is 20.3. The minimum absolute atomic E-state index is 0.439. The third-order valence-corrected chi connectivity index (χ3v) is 18.3. The Kier molecular flexibility index (Phi) is 4.30. The average molecular weight is 312 g/mol. The molecule has 0 aromatic rings. The zero-order chi connectivity index (χ0) is 13.5. The van der Waals surface area contributed by atoms with Crippen molar-refractivity contribution in [3.63, 3.8) is 0 Å². The Morgan fingerprint density at radius 2 is 0.941 bits per heavy atom. The number of nitrogens with two attached hydrogens (primary N) is 1. The summed E-state index contributed by atoms with van der Waals surface area (Å²) in [7, 11) is -8.94. The van der Waals surface area contributed by atoms with Gasteiger partial charge in [0, 0.05) is 6.17 Å². The topological polar surface area (TPSA) is 62.9 Å². The van der Waals surface area contributed by atoms with E-state index in [1.807, 2.05) is 32.7 Å². The molecular weight excluding hydrogens is 286 g/mol. The molecule has 0 saturated carbocycles. The van der Waals surface area contributed by atoms with Crippen molar-refractivity contribution in [1.82, 2.24) is 0 Å². The van der Waals surface area contributed by atoms with Crippen LogP contribution in [0, 0.1) is 0 Å². The molecule has 0 aromatic carbocycles. The first-order chi connectivity index (χ1) is 7.39. The Morgan fingerprint density at radius 1 is 0.647 bits per heavy atom. The van der Waals surface area contributed by atoms with E-state index in [1.54, 1.807) is 0 Å². The maximum atomic E-state index is 6.18. The van der Waals surface area contributed by atoms with E-state index >= 15 is 0 Å². The molecule has 1 aliphatic rings. The largest absolute Gasteiger partial charge is 0.416 e. The van der Waals surface area contributed by atoms with Crippen molar-refractivity contribution in [2.24, 2.45) is 5.73 Å². The van der Waals surface area contributed by atoms with E-state index in [0.29, 0.717) is 6.17 Å². The van der Waals surface area contributed by atoms with Gasteiger partial charge in [0.2, 0.25) is 0 Å². The lowest BCUT2D eigenvalue weighted by Gasteiger charge is -2.47. The fraction of sp³-hybridized carbons (Fsp3) is 1.00. The lowest BCUT2D eigenvalue weighted by molar-refractivity contribution is 0.235. The molecule has 102 valence electrons. The van der Waals surface area contributed by atoms with Gasteiger partial charge in [0.1, 0.15) is 0 Å². The SMILES string of the molecule is C[Si]1(C)O[Si](C)(C)O[Si](C)(CN)O[Si](C)(C)O1. The molecule has 17 heavy (non-hydrogen) atoms. The normalized spacial score (nSPS) is 30.4. The van der Waals surface area contributed by atoms with Crippen LogP contribution in [0.15, 0.2) is 0 Å². The van der Waals surface area contributed by atoms with Gasteiger partial charge in [-0.25, -0.2) is 0 Å². The molecule has 1 saturated heterocycles. The third-order valence-electron chi connectivity index (χ3n) is 2.28. The van der Waals surface area contributed by atoms with Crippen molar-refractivity contribution in [3.05, 3.63) is 0 Å². The summed E-state index contributed by atoms with van der Waals surface area (Å²) >= 11 is 0. The standard InChI is InChI=1S/C8H25NO4Si4/c1-14(2)10-15(3,4)12-17(7,8-9)13-16(5,6)11-14/h8-9H2,1-7H3. The van der Waals surface area contributed by atoms with E-state index < -0.39 is 34.2 Å². The van der Waals surface area contributed by atoms with Crippen molar-refractivity contribution in [3.8, 4) is 0 Å². The second kappa shape index (κ2) is 4.65. The highest BCUT2D eigenvalue weighted by Crippen LogP contribution is 2.29. The summed E-state index contributed by atoms with van der Waals surface area (Å²) in [6.45, 7) is 14.3. The van der Waals surface area contributed by atoms with Crippen LogP contribution in [0.5, 0.6) is 0 Å². The van der Waals surface area contributed by atoms with Crippen molar-refractivity contribution < 1.29 is 16.5 Å². The summed E-state index contributed by atoms with van der Waals surface area (Å²) in [5.74, 6) is 0. The number of hydrogen-bond acceptors (Lipinski definition) is 5. The highest BCUT2D eigenvalue weighted by atomic mass is 28.5. The van der Waals surface area contributed by atoms with Gasteiger partial charge in [-0.05, 0) is 45.8 Å². The zero-order valence-electron chi connectivity index (χ0n) is 11.9. The predicted molar refractivity (Wildman–Crippen MR) is 77.5 cm³/mol. The highest BCUT2D eigenvalue weighted by molar-refractivity contribution is 6.93. The number of hydrogen-bond donors (Lipinski definition) is 1. The van der Waals surface area contributed by atoms with Crippen molar-refractivity contribution >= 4 is 34.2 Å². The predicted octanol–water partition coefficient (Wildman–Crippen LogP) is 1.74. The van der Waals surface area contributed by atoms with E-state index in [1.165, 1.54) is 0 Å². The monoisotopic (exact) mass is 311 g/mol. The second-order valence-electron chi connectivity index (χ2n) is 5.95. The maximum Gasteiger partial charge on any atom is 0.331 e. The Bertz CT molecular complexity index is 275. The van der Waals surface area contributed by atoms with Crippen LogP contribution in [0.25, 0.3) is 0 Å². The molecule has 9 heteroatoms. The minimum atomic E-state index is -2.35. The van der Waals surface area contributed by atoms with E-state index in [0.717, 1.165) is 0 Å². The molecule has 2 N–H and O–H groups in total. The Labute approximate surface area is 109 Å². The van der Waals surface area contributed by atoms with Gasteiger partial charge in [-0.3, -0.25) is 0 Å². The molecule has 1 fully saturated rings. The Morgan fingerprint density at radius 3 is 1.24 bits per heavy atom. The highest BCUT2D eigenvalue weighted by Gasteiger charge is 2.51. The summed E-state index contributed by atoms with van der Waals surface area (Å²) in [6, 6.07) is 0. The van der Waals surface area contributed by atoms with Crippen LogP contribution in [-0.2, 0) is 16.5 Å². The number of rotatable bonds is 1. The Balaban J connectivity index is 3.02. The van der Waals surface area contributed by atoms with Crippen LogP contribution in [0.3, 0.4) is 0 Å². The molecule has 0 aliphatic carbocycles. The molecule has 0 atom stereocenters. The van der Waals surface area contributed by atoms with Gasteiger partial charge in [-0.2, -0.15) is 0 Å². The lowest BCUT2D eigenvalue weighted by Crippen LogP contribution is -2.67. The van der Waals surface area contributed by atoms with Crippen LogP contribution in [-0.4, -0.2) is 40.4 Å². The van der Waals surface area contributed by atoms with Crippen molar-refractivity contribution in [2.75, 3.05) is 6.17 Å². The van der Waals surface area contributed by atoms with E-state index in [-0.39, 0.29) is 0 Å². The van der Waals surface area contributed by atoms with Gasteiger partial charge in [-0.1, -0.05) is 0 Å². The smallest absolute Gasteiger partial charge is 0.331 e. The maximum absolute atomic E-state index is 6.18. The molecule has 5 nitrogen and oxygen atoms in total. The first kappa shape index (κ1) is 15.7.